The average molecular weight is 231 g/mol. The molecule has 1 saturated heterocycles. The molecule has 1 N–H and O–H groups in total. The maximum Gasteiger partial charge on any atom is 0.232 e. The van der Waals surface area contributed by atoms with Crippen LogP contribution in [-0.2, 0) is 4.79 Å². The first-order valence-electron chi connectivity index (χ1n) is 5.48. The number of nitrogens with zero attached hydrogens (tertiary/aromatic N) is 1. The first-order chi connectivity index (χ1) is 6.88. The Bertz CT molecular complexity index is 225. The molecule has 1 rings (SSSR count). The average Bonchev–Trinajstić information content (AvgIpc) is 2.13. The summed E-state index contributed by atoms with van der Waals surface area (Å²) in [5, 5.41) is 9.46. The van der Waals surface area contributed by atoms with Gasteiger partial charge in [0.15, 0.2) is 0 Å². The summed E-state index contributed by atoms with van der Waals surface area (Å²) in [4.78, 5) is 13.6. The molecule has 0 spiro atoms. The maximum absolute atomic E-state index is 11.8. The SMILES string of the molecule is CC(C)(C)SCC(=O)N1CCCC(O)C1. The van der Waals surface area contributed by atoms with Crippen molar-refractivity contribution in [1.82, 2.24) is 4.90 Å². The lowest BCUT2D eigenvalue weighted by Gasteiger charge is -2.30. The van der Waals surface area contributed by atoms with E-state index in [0.29, 0.717) is 12.3 Å². The van der Waals surface area contributed by atoms with Crippen molar-refractivity contribution in [1.29, 1.82) is 0 Å². The predicted molar refractivity (Wildman–Crippen MR) is 64.0 cm³/mol. The lowest BCUT2D eigenvalue weighted by atomic mass is 10.1. The highest BCUT2D eigenvalue weighted by Gasteiger charge is 2.23. The van der Waals surface area contributed by atoms with E-state index in [4.69, 9.17) is 0 Å². The van der Waals surface area contributed by atoms with Gasteiger partial charge in [0, 0.05) is 17.8 Å². The van der Waals surface area contributed by atoms with Crippen LogP contribution in [0.3, 0.4) is 0 Å². The quantitative estimate of drug-likeness (QED) is 0.783. The van der Waals surface area contributed by atoms with Crippen LogP contribution in [0.1, 0.15) is 33.6 Å². The fourth-order valence-electron chi connectivity index (χ4n) is 1.55. The fourth-order valence-corrected chi connectivity index (χ4v) is 2.29. The summed E-state index contributed by atoms with van der Waals surface area (Å²) < 4.78 is 0.129. The Kier molecular flexibility index (Phi) is 4.46. The van der Waals surface area contributed by atoms with Crippen molar-refractivity contribution in [2.75, 3.05) is 18.8 Å². The van der Waals surface area contributed by atoms with Crippen LogP contribution in [0.5, 0.6) is 0 Å². The zero-order chi connectivity index (χ0) is 11.5. The van der Waals surface area contributed by atoms with E-state index in [1.807, 2.05) is 0 Å². The van der Waals surface area contributed by atoms with Gasteiger partial charge in [-0.25, -0.2) is 0 Å². The first kappa shape index (κ1) is 12.8. The van der Waals surface area contributed by atoms with Gasteiger partial charge in [-0.2, -0.15) is 0 Å². The van der Waals surface area contributed by atoms with E-state index in [-0.39, 0.29) is 16.8 Å². The highest BCUT2D eigenvalue weighted by atomic mass is 32.2. The summed E-state index contributed by atoms with van der Waals surface area (Å²) in [5.74, 6) is 0.685. The third-order valence-electron chi connectivity index (χ3n) is 2.38. The molecular weight excluding hydrogens is 210 g/mol. The molecular formula is C11H21NO2S. The molecule has 0 aromatic carbocycles. The van der Waals surface area contributed by atoms with Crippen LogP contribution < -0.4 is 0 Å². The van der Waals surface area contributed by atoms with E-state index < -0.39 is 0 Å². The van der Waals surface area contributed by atoms with Gasteiger partial charge in [0.2, 0.25) is 5.91 Å². The lowest BCUT2D eigenvalue weighted by Crippen LogP contribution is -2.43. The van der Waals surface area contributed by atoms with Crippen molar-refractivity contribution in [2.45, 2.75) is 44.5 Å². The monoisotopic (exact) mass is 231 g/mol. The molecule has 0 bridgehead atoms. The van der Waals surface area contributed by atoms with Crippen LogP contribution in [0, 0.1) is 0 Å². The number of β-amino-alcohol motifs (C(OH)–C–C–N with tert-alkyl or cyclic N) is 1. The molecule has 4 heteroatoms. The third kappa shape index (κ3) is 4.89. The second kappa shape index (κ2) is 5.21. The zero-order valence-electron chi connectivity index (χ0n) is 9.82. The van der Waals surface area contributed by atoms with E-state index in [2.05, 4.69) is 20.8 Å². The predicted octanol–water partition coefficient (Wildman–Crippen LogP) is 1.50. The number of aliphatic hydroxyl groups excluding tert-OH is 1. The minimum absolute atomic E-state index is 0.129. The van der Waals surface area contributed by atoms with Gasteiger partial charge in [-0.1, -0.05) is 20.8 Å². The Balaban J connectivity index is 2.33. The first-order valence-corrected chi connectivity index (χ1v) is 6.47. The van der Waals surface area contributed by atoms with Crippen molar-refractivity contribution in [3.63, 3.8) is 0 Å². The topological polar surface area (TPSA) is 40.5 Å². The van der Waals surface area contributed by atoms with Crippen LogP contribution in [0.25, 0.3) is 0 Å². The molecule has 3 nitrogen and oxygen atoms in total. The van der Waals surface area contributed by atoms with E-state index in [1.165, 1.54) is 0 Å². The minimum Gasteiger partial charge on any atom is -0.391 e. The lowest BCUT2D eigenvalue weighted by molar-refractivity contribution is -0.131. The minimum atomic E-state index is -0.317. The standard InChI is InChI=1S/C11H21NO2S/c1-11(2,3)15-8-10(14)12-6-4-5-9(13)7-12/h9,13H,4-8H2,1-3H3. The van der Waals surface area contributed by atoms with Gasteiger partial charge >= 0.3 is 0 Å². The Morgan fingerprint density at radius 3 is 2.73 bits per heavy atom. The summed E-state index contributed by atoms with van der Waals surface area (Å²) in [6, 6.07) is 0. The van der Waals surface area contributed by atoms with Gasteiger partial charge in [-0.3, -0.25) is 4.79 Å². The number of piperidine rings is 1. The van der Waals surface area contributed by atoms with Crippen molar-refractivity contribution < 1.29 is 9.90 Å². The van der Waals surface area contributed by atoms with Gasteiger partial charge in [-0.15, -0.1) is 11.8 Å². The highest BCUT2D eigenvalue weighted by molar-refractivity contribution is 8.01. The molecule has 15 heavy (non-hydrogen) atoms. The Labute approximate surface area is 96.2 Å². The smallest absolute Gasteiger partial charge is 0.232 e. The summed E-state index contributed by atoms with van der Waals surface area (Å²) in [6.07, 6.45) is 1.44. The van der Waals surface area contributed by atoms with Gasteiger partial charge in [0.05, 0.1) is 11.9 Å². The number of rotatable bonds is 2. The maximum atomic E-state index is 11.8. The molecule has 1 aliphatic heterocycles. The van der Waals surface area contributed by atoms with Gasteiger partial charge in [0.1, 0.15) is 0 Å². The number of hydrogen-bond acceptors (Lipinski definition) is 3. The number of hydrogen-bond donors (Lipinski definition) is 1. The number of thioether (sulfide) groups is 1. The van der Waals surface area contributed by atoms with E-state index in [1.54, 1.807) is 16.7 Å². The van der Waals surface area contributed by atoms with Crippen LogP contribution >= 0.6 is 11.8 Å². The van der Waals surface area contributed by atoms with Gasteiger partial charge < -0.3 is 10.0 Å². The highest BCUT2D eigenvalue weighted by Crippen LogP contribution is 2.23. The molecule has 0 aromatic heterocycles. The van der Waals surface area contributed by atoms with Crippen LogP contribution in [0.4, 0.5) is 0 Å². The number of carbonyl (C=O) groups is 1. The molecule has 0 saturated carbocycles. The summed E-state index contributed by atoms with van der Waals surface area (Å²) >= 11 is 1.66. The second-order valence-corrected chi connectivity index (χ2v) is 6.84. The Morgan fingerprint density at radius 1 is 1.53 bits per heavy atom. The zero-order valence-corrected chi connectivity index (χ0v) is 10.6. The summed E-state index contributed by atoms with van der Waals surface area (Å²) in [6.45, 7) is 7.64. The molecule has 1 unspecified atom stereocenters. The van der Waals surface area contributed by atoms with Gasteiger partial charge in [-0.05, 0) is 12.8 Å². The van der Waals surface area contributed by atoms with Crippen LogP contribution in [-0.4, -0.2) is 45.6 Å². The molecule has 0 aromatic rings. The molecule has 1 fully saturated rings. The van der Waals surface area contributed by atoms with Crippen LogP contribution in [0.2, 0.25) is 0 Å². The summed E-state index contributed by atoms with van der Waals surface area (Å²) in [5.41, 5.74) is 0. The van der Waals surface area contributed by atoms with E-state index in [0.717, 1.165) is 19.4 Å². The van der Waals surface area contributed by atoms with Crippen molar-refractivity contribution >= 4 is 17.7 Å². The number of carbonyl (C=O) groups excluding carboxylic acids is 1. The summed E-state index contributed by atoms with van der Waals surface area (Å²) in [7, 11) is 0. The van der Waals surface area contributed by atoms with E-state index in [9.17, 15) is 9.90 Å². The molecule has 1 heterocycles. The fraction of sp³-hybridized carbons (Fsp3) is 0.909. The van der Waals surface area contributed by atoms with Crippen molar-refractivity contribution in [2.24, 2.45) is 0 Å². The Hall–Kier alpha value is -0.220. The Morgan fingerprint density at radius 2 is 2.20 bits per heavy atom. The third-order valence-corrected chi connectivity index (χ3v) is 3.64. The van der Waals surface area contributed by atoms with Crippen molar-refractivity contribution in [3.05, 3.63) is 0 Å². The van der Waals surface area contributed by atoms with E-state index >= 15 is 0 Å². The van der Waals surface area contributed by atoms with Gasteiger partial charge in [0.25, 0.3) is 0 Å². The molecule has 0 radical (unpaired) electrons. The molecule has 0 aliphatic carbocycles. The van der Waals surface area contributed by atoms with Crippen molar-refractivity contribution in [3.8, 4) is 0 Å². The molecule has 1 aliphatic rings. The normalized spacial score (nSPS) is 22.9. The number of aliphatic hydroxyl groups is 1. The molecule has 1 amide bonds. The number of likely N-dealkylation sites (tertiary alicyclic amines) is 1. The second-order valence-electron chi connectivity index (χ2n) is 5.04. The van der Waals surface area contributed by atoms with Crippen LogP contribution in [0.15, 0.2) is 0 Å². The number of amides is 1. The molecule has 1 atom stereocenters. The molecule has 88 valence electrons. The largest absolute Gasteiger partial charge is 0.391 e.